The quantitative estimate of drug-likeness (QED) is 0.0425. The average molecular weight is 1320 g/mol. The minimum atomic E-state index is -1.50. The number of anilines is 2. The Morgan fingerprint density at radius 1 is 0.537 bits per heavy atom. The van der Waals surface area contributed by atoms with Crippen molar-refractivity contribution >= 4 is 65.5 Å². The van der Waals surface area contributed by atoms with E-state index >= 15 is 0 Å². The minimum absolute atomic E-state index is 0. The average Bonchev–Trinajstić information content (AvgIpc) is 3.42. The van der Waals surface area contributed by atoms with Crippen LogP contribution in [-0.2, 0) is 51.2 Å². The zero-order valence-corrected chi connectivity index (χ0v) is 48.0. The SMILES string of the molecule is O=C(O)CC[C@H](NC(=O)N[C@@H](CCCCC(=O)CCCCCCCCCNc1nc(Cc2ccc(CC3CN(CC(=O)O)CCN(CC(=O)O)CCN(CC(=O)O)CCN3CC(=O)O)cc2)nc(N2CCNCC2)n1)C(=O)O)C(=O)O.[Lu]. The number of aromatic nitrogens is 3. The van der Waals surface area contributed by atoms with Gasteiger partial charge in [0.15, 0.2) is 0 Å². The molecule has 82 heavy (non-hydrogen) atoms. The first-order valence-corrected chi connectivity index (χ1v) is 27.8. The van der Waals surface area contributed by atoms with Gasteiger partial charge in [-0.1, -0.05) is 62.8 Å². The summed E-state index contributed by atoms with van der Waals surface area (Å²) in [5.41, 5.74) is 1.77. The molecule has 2 aliphatic heterocycles. The summed E-state index contributed by atoms with van der Waals surface area (Å²) in [7, 11) is 0. The van der Waals surface area contributed by atoms with E-state index < -0.39 is 72.4 Å². The second kappa shape index (κ2) is 38.8. The molecule has 0 spiro atoms. The molecule has 3 atom stereocenters. The molecule has 0 aliphatic carbocycles. The molecule has 2 aliphatic rings. The zero-order valence-electron chi connectivity index (χ0n) is 46.3. The normalized spacial score (nSPS) is 16.7. The first-order valence-electron chi connectivity index (χ1n) is 27.8. The number of carbonyl (C=O) groups is 9. The van der Waals surface area contributed by atoms with Gasteiger partial charge in [0.05, 0.1) is 26.2 Å². The maximum Gasteiger partial charge on any atom is 0.326 e. The van der Waals surface area contributed by atoms with Crippen LogP contribution in [0.1, 0.15) is 107 Å². The van der Waals surface area contributed by atoms with Crippen LogP contribution in [0.25, 0.3) is 0 Å². The summed E-state index contributed by atoms with van der Waals surface area (Å²) in [6.07, 6.45) is 7.83. The van der Waals surface area contributed by atoms with Crippen LogP contribution in [0.3, 0.4) is 0 Å². The molecular weight excluding hydrogens is 1240 g/mol. The first kappa shape index (κ1) is 70.4. The maximum atomic E-state index is 12.5. The van der Waals surface area contributed by atoms with Gasteiger partial charge in [-0.3, -0.25) is 48.4 Å². The third-order valence-electron chi connectivity index (χ3n) is 14.0. The Bertz CT molecular complexity index is 2370. The summed E-state index contributed by atoms with van der Waals surface area (Å²) in [6.45, 7) is 3.66. The number of hydrogen-bond donors (Lipinski definition) is 11. The number of rotatable bonds is 36. The van der Waals surface area contributed by atoms with Crippen LogP contribution in [0.4, 0.5) is 16.7 Å². The molecule has 29 heteroatoms. The molecule has 1 aromatic heterocycles. The summed E-state index contributed by atoms with van der Waals surface area (Å²) < 4.78 is 0. The Morgan fingerprint density at radius 2 is 1.04 bits per heavy atom. The topological polar surface area (TPSA) is 398 Å². The molecule has 1 radical (unpaired) electrons. The Kier molecular flexibility index (Phi) is 33.3. The number of amides is 2. The fourth-order valence-electron chi connectivity index (χ4n) is 9.64. The van der Waals surface area contributed by atoms with E-state index in [4.69, 9.17) is 20.1 Å². The summed E-state index contributed by atoms with van der Waals surface area (Å²) in [5, 5.41) is 77.7. The van der Waals surface area contributed by atoms with E-state index in [-0.39, 0.29) is 134 Å². The number of carbonyl (C=O) groups excluding carboxylic acids is 2. The number of piperazine rings is 1. The van der Waals surface area contributed by atoms with E-state index in [0.29, 0.717) is 56.4 Å². The number of unbranched alkanes of at least 4 members (excludes halogenated alkanes) is 7. The van der Waals surface area contributed by atoms with E-state index in [2.05, 4.69) is 26.2 Å². The van der Waals surface area contributed by atoms with E-state index in [1.54, 1.807) is 19.6 Å². The second-order valence-corrected chi connectivity index (χ2v) is 20.6. The molecule has 2 amide bonds. The van der Waals surface area contributed by atoms with Crippen molar-refractivity contribution in [1.82, 2.24) is 50.5 Å². The molecule has 11 N–H and O–H groups in total. The first-order chi connectivity index (χ1) is 38.7. The van der Waals surface area contributed by atoms with Gasteiger partial charge in [-0.25, -0.2) is 14.4 Å². The van der Waals surface area contributed by atoms with Crippen molar-refractivity contribution < 1.29 is 116 Å². The van der Waals surface area contributed by atoms with Gasteiger partial charge in [0, 0.05) is 147 Å². The molecule has 0 bridgehead atoms. The molecule has 1 unspecified atom stereocenters. The number of urea groups is 1. The van der Waals surface area contributed by atoms with E-state index in [1.165, 1.54) is 0 Å². The van der Waals surface area contributed by atoms with Crippen LogP contribution in [-0.4, -0.2) is 247 Å². The fraction of sp³-hybridized carbons (Fsp3) is 0.660. The van der Waals surface area contributed by atoms with Crippen LogP contribution < -0.4 is 26.2 Å². The third-order valence-corrected chi connectivity index (χ3v) is 14.0. The summed E-state index contributed by atoms with van der Waals surface area (Å²) in [4.78, 5) is 130. The molecule has 0 saturated carbocycles. The fourth-order valence-corrected chi connectivity index (χ4v) is 9.64. The smallest absolute Gasteiger partial charge is 0.326 e. The summed E-state index contributed by atoms with van der Waals surface area (Å²) >= 11 is 0. The number of carboxylic acids is 7. The Labute approximate surface area is 506 Å². The number of nitrogens with zero attached hydrogens (tertiary/aromatic N) is 8. The van der Waals surface area contributed by atoms with Gasteiger partial charge >= 0.3 is 47.8 Å². The van der Waals surface area contributed by atoms with Crippen LogP contribution in [0, 0.1) is 36.9 Å². The van der Waals surface area contributed by atoms with Gasteiger partial charge in [-0.15, -0.1) is 0 Å². The minimum Gasteiger partial charge on any atom is -0.481 e. The largest absolute Gasteiger partial charge is 0.481 e. The molecule has 2 aromatic rings. The van der Waals surface area contributed by atoms with Gasteiger partial charge in [-0.05, 0) is 49.7 Å². The van der Waals surface area contributed by atoms with Gasteiger partial charge < -0.3 is 61.9 Å². The number of Topliss-reactive ketones (excluding diaryl/α,β-unsaturated/α-hetero) is 1. The van der Waals surface area contributed by atoms with Gasteiger partial charge in [0.2, 0.25) is 11.9 Å². The standard InChI is InChI=1S/C53H82N12O16.Lu/c66-40(11-7-8-12-41(49(77)78)56-53(81)57-42(50(79)80)17-18-44(67)68)10-6-4-2-1-3-5-9-19-55-51-58-43(59-52(60-51)64-22-20-54-21-23-64)31-38-15-13-37(14-16-38)30-39-32-63(35-47(73)74)27-26-61(33-45(69)70)24-25-62(34-46(71)72)28-29-65(39)36-48(75)76;/h13-16,39,41-42,54H,1-12,17-36H2,(H,67,68)(H,69,70)(H,71,72)(H,73,74)(H,75,76)(H,77,78)(H,79,80)(H2,56,57,81)(H,55,58,59,60);/t39?,41-,42-;/m0./s1. The van der Waals surface area contributed by atoms with Gasteiger partial charge in [0.1, 0.15) is 23.7 Å². The van der Waals surface area contributed by atoms with Crippen LogP contribution >= 0.6 is 0 Å². The van der Waals surface area contributed by atoms with Crippen molar-refractivity contribution in [2.75, 3.05) is 115 Å². The molecule has 28 nitrogen and oxygen atoms in total. The van der Waals surface area contributed by atoms with Crippen LogP contribution in [0.15, 0.2) is 24.3 Å². The van der Waals surface area contributed by atoms with Gasteiger partial charge in [-0.2, -0.15) is 15.0 Å². The van der Waals surface area contributed by atoms with Crippen molar-refractivity contribution in [3.8, 4) is 0 Å². The molecule has 465 valence electrons. The number of benzene rings is 1. The second-order valence-electron chi connectivity index (χ2n) is 20.6. The number of ketones is 1. The van der Waals surface area contributed by atoms with Crippen molar-refractivity contribution in [2.24, 2.45) is 0 Å². The molecule has 4 rings (SSSR count). The maximum absolute atomic E-state index is 12.5. The third kappa shape index (κ3) is 29.4. The van der Waals surface area contributed by atoms with Crippen LogP contribution in [0.2, 0.25) is 0 Å². The van der Waals surface area contributed by atoms with E-state index in [1.807, 2.05) is 24.3 Å². The zero-order chi connectivity index (χ0) is 59.1. The number of aliphatic carboxylic acids is 7. The Balaban J connectivity index is 0.0000176. The van der Waals surface area contributed by atoms with E-state index in [0.717, 1.165) is 82.3 Å². The monoisotopic (exact) mass is 1320 g/mol. The summed E-state index contributed by atoms with van der Waals surface area (Å²) in [5.74, 6) is -6.64. The number of hydrogen-bond acceptors (Lipinski definition) is 19. The Hall–Kier alpha value is -5.91. The number of nitrogens with one attached hydrogen (secondary N) is 4. The van der Waals surface area contributed by atoms with Crippen molar-refractivity contribution in [1.29, 1.82) is 0 Å². The molecule has 3 heterocycles. The molecule has 2 saturated heterocycles. The summed E-state index contributed by atoms with van der Waals surface area (Å²) in [6, 6.07) is 3.42. The number of carboxylic acid groups (broad SMARTS) is 7. The molecule has 1 aromatic carbocycles. The van der Waals surface area contributed by atoms with Crippen molar-refractivity contribution in [3.63, 3.8) is 0 Å². The predicted molar refractivity (Wildman–Crippen MR) is 293 cm³/mol. The Morgan fingerprint density at radius 3 is 1.60 bits per heavy atom. The predicted octanol–water partition coefficient (Wildman–Crippen LogP) is 1.08. The molecule has 2 fully saturated rings. The molecular formula is C53H82LuN12O16. The van der Waals surface area contributed by atoms with Gasteiger partial charge in [0.25, 0.3) is 0 Å². The van der Waals surface area contributed by atoms with Crippen molar-refractivity contribution in [2.45, 2.75) is 121 Å². The van der Waals surface area contributed by atoms with Crippen LogP contribution in [0.5, 0.6) is 0 Å². The van der Waals surface area contributed by atoms with E-state index in [9.17, 15) is 73.8 Å². The van der Waals surface area contributed by atoms with Crippen molar-refractivity contribution in [3.05, 3.63) is 41.2 Å².